The number of rotatable bonds is 2. The molecule has 6 heteroatoms. The van der Waals surface area contributed by atoms with Crippen LogP contribution in [0, 0.1) is 5.82 Å². The monoisotopic (exact) mass is 293 g/mol. The van der Waals surface area contributed by atoms with E-state index in [0.29, 0.717) is 6.42 Å². The molecule has 20 heavy (non-hydrogen) atoms. The summed E-state index contributed by atoms with van der Waals surface area (Å²) in [5.74, 6) is -0.0258. The van der Waals surface area contributed by atoms with Gasteiger partial charge < -0.3 is 9.80 Å². The van der Waals surface area contributed by atoms with E-state index in [2.05, 4.69) is 9.88 Å². The highest BCUT2D eigenvalue weighted by atomic mass is 32.1. The molecule has 1 aromatic carbocycles. The molecule has 1 aliphatic heterocycles. The van der Waals surface area contributed by atoms with Crippen molar-refractivity contribution in [2.45, 2.75) is 13.3 Å². The van der Waals surface area contributed by atoms with Gasteiger partial charge in [0.1, 0.15) is 5.82 Å². The number of benzene rings is 1. The predicted molar refractivity (Wildman–Crippen MR) is 78.7 cm³/mol. The Balaban J connectivity index is 1.75. The average Bonchev–Trinajstić information content (AvgIpc) is 2.89. The standard InChI is InChI=1S/C14H16FN3OS/c1-2-13(19)17-5-7-18(8-6-17)14-16-11-4-3-10(15)9-12(11)20-14/h3-4,9H,2,5-8H2,1H3. The molecule has 106 valence electrons. The van der Waals surface area contributed by atoms with Gasteiger partial charge in [0.2, 0.25) is 5.91 Å². The number of halogens is 1. The second-order valence-electron chi connectivity index (χ2n) is 4.83. The number of piperazine rings is 1. The molecule has 0 N–H and O–H groups in total. The van der Waals surface area contributed by atoms with Crippen LogP contribution in [-0.2, 0) is 4.79 Å². The number of anilines is 1. The van der Waals surface area contributed by atoms with E-state index in [9.17, 15) is 9.18 Å². The second-order valence-corrected chi connectivity index (χ2v) is 5.84. The lowest BCUT2D eigenvalue weighted by atomic mass is 10.3. The second kappa shape index (κ2) is 5.36. The lowest BCUT2D eigenvalue weighted by Crippen LogP contribution is -2.48. The molecule has 2 aromatic rings. The summed E-state index contributed by atoms with van der Waals surface area (Å²) < 4.78 is 14.1. The molecule has 0 bridgehead atoms. The summed E-state index contributed by atoms with van der Waals surface area (Å²) in [5, 5.41) is 0.911. The number of hydrogen-bond donors (Lipinski definition) is 0. The molecule has 4 nitrogen and oxygen atoms in total. The van der Waals surface area contributed by atoms with Crippen molar-refractivity contribution in [1.29, 1.82) is 0 Å². The van der Waals surface area contributed by atoms with Crippen LogP contribution in [0.3, 0.4) is 0 Å². The maximum absolute atomic E-state index is 13.2. The van der Waals surface area contributed by atoms with E-state index in [1.807, 2.05) is 11.8 Å². The van der Waals surface area contributed by atoms with Crippen molar-refractivity contribution in [3.8, 4) is 0 Å². The fourth-order valence-electron chi connectivity index (χ4n) is 2.39. The maximum atomic E-state index is 13.2. The minimum absolute atomic E-state index is 0.205. The number of fused-ring (bicyclic) bond motifs is 1. The summed E-state index contributed by atoms with van der Waals surface area (Å²) >= 11 is 1.50. The molecule has 0 atom stereocenters. The SMILES string of the molecule is CCC(=O)N1CCN(c2nc3ccc(F)cc3s2)CC1. The van der Waals surface area contributed by atoms with E-state index in [4.69, 9.17) is 0 Å². The molecule has 0 spiro atoms. The number of thiazole rings is 1. The topological polar surface area (TPSA) is 36.4 Å². The smallest absolute Gasteiger partial charge is 0.222 e. The molecule has 1 aliphatic rings. The van der Waals surface area contributed by atoms with Crippen molar-refractivity contribution in [3.63, 3.8) is 0 Å². The zero-order chi connectivity index (χ0) is 14.1. The number of hydrogen-bond acceptors (Lipinski definition) is 4. The molecule has 1 fully saturated rings. The minimum Gasteiger partial charge on any atom is -0.345 e. The van der Waals surface area contributed by atoms with E-state index >= 15 is 0 Å². The van der Waals surface area contributed by atoms with Crippen molar-refractivity contribution in [3.05, 3.63) is 24.0 Å². The zero-order valence-electron chi connectivity index (χ0n) is 11.3. The highest BCUT2D eigenvalue weighted by Gasteiger charge is 2.22. The van der Waals surface area contributed by atoms with Crippen LogP contribution >= 0.6 is 11.3 Å². The van der Waals surface area contributed by atoms with Gasteiger partial charge >= 0.3 is 0 Å². The first-order chi connectivity index (χ1) is 9.67. The van der Waals surface area contributed by atoms with Gasteiger partial charge in [0, 0.05) is 32.6 Å². The van der Waals surface area contributed by atoms with Crippen molar-refractivity contribution >= 4 is 32.6 Å². The highest BCUT2D eigenvalue weighted by Crippen LogP contribution is 2.29. The van der Waals surface area contributed by atoms with E-state index in [0.717, 1.165) is 41.5 Å². The number of aromatic nitrogens is 1. The van der Waals surface area contributed by atoms with Gasteiger partial charge in [-0.15, -0.1) is 0 Å². The van der Waals surface area contributed by atoms with E-state index in [-0.39, 0.29) is 11.7 Å². The van der Waals surface area contributed by atoms with Gasteiger partial charge in [0.15, 0.2) is 5.13 Å². The van der Waals surface area contributed by atoms with Crippen LogP contribution in [0.25, 0.3) is 10.2 Å². The quantitative estimate of drug-likeness (QED) is 0.853. The summed E-state index contributed by atoms with van der Waals surface area (Å²) in [7, 11) is 0. The van der Waals surface area contributed by atoms with Crippen LogP contribution in [0.2, 0.25) is 0 Å². The van der Waals surface area contributed by atoms with Crippen LogP contribution in [0.4, 0.5) is 9.52 Å². The van der Waals surface area contributed by atoms with Crippen molar-refractivity contribution in [1.82, 2.24) is 9.88 Å². The molecular formula is C14H16FN3OS. The molecule has 1 aromatic heterocycles. The van der Waals surface area contributed by atoms with Gasteiger partial charge in [0.05, 0.1) is 10.2 Å². The Morgan fingerprint density at radius 1 is 1.35 bits per heavy atom. The maximum Gasteiger partial charge on any atom is 0.222 e. The molecule has 1 amide bonds. The number of carbonyl (C=O) groups excluding carboxylic acids is 1. The summed E-state index contributed by atoms with van der Waals surface area (Å²) in [6.07, 6.45) is 0.556. The number of nitrogens with zero attached hydrogens (tertiary/aromatic N) is 3. The van der Waals surface area contributed by atoms with Crippen molar-refractivity contribution in [2.75, 3.05) is 31.1 Å². The van der Waals surface area contributed by atoms with Crippen LogP contribution in [0.5, 0.6) is 0 Å². The van der Waals surface area contributed by atoms with Gasteiger partial charge in [-0.3, -0.25) is 4.79 Å². The minimum atomic E-state index is -0.230. The van der Waals surface area contributed by atoms with Crippen LogP contribution < -0.4 is 4.90 Å². The lowest BCUT2D eigenvalue weighted by Gasteiger charge is -2.34. The molecule has 0 radical (unpaired) electrons. The van der Waals surface area contributed by atoms with Crippen molar-refractivity contribution in [2.24, 2.45) is 0 Å². The Labute approximate surface area is 120 Å². The third kappa shape index (κ3) is 2.47. The van der Waals surface area contributed by atoms with Gasteiger partial charge in [-0.25, -0.2) is 9.37 Å². The first kappa shape index (κ1) is 13.3. The first-order valence-corrected chi connectivity index (χ1v) is 7.58. The molecule has 0 aliphatic carbocycles. The summed E-state index contributed by atoms with van der Waals surface area (Å²) in [5.41, 5.74) is 0.832. The first-order valence-electron chi connectivity index (χ1n) is 6.76. The lowest BCUT2D eigenvalue weighted by molar-refractivity contribution is -0.131. The average molecular weight is 293 g/mol. The highest BCUT2D eigenvalue weighted by molar-refractivity contribution is 7.22. The molecular weight excluding hydrogens is 277 g/mol. The normalized spacial score (nSPS) is 15.9. The van der Waals surface area contributed by atoms with Crippen LogP contribution in [-0.4, -0.2) is 42.0 Å². The Kier molecular flexibility index (Phi) is 3.56. The Bertz CT molecular complexity index is 634. The van der Waals surface area contributed by atoms with E-state index in [1.165, 1.54) is 23.5 Å². The number of amides is 1. The van der Waals surface area contributed by atoms with Crippen LogP contribution in [0.15, 0.2) is 18.2 Å². The van der Waals surface area contributed by atoms with Crippen LogP contribution in [0.1, 0.15) is 13.3 Å². The third-order valence-corrected chi connectivity index (χ3v) is 4.62. The number of carbonyl (C=O) groups is 1. The van der Waals surface area contributed by atoms with E-state index in [1.54, 1.807) is 6.07 Å². The van der Waals surface area contributed by atoms with E-state index < -0.39 is 0 Å². The summed E-state index contributed by atoms with van der Waals surface area (Å²) in [4.78, 5) is 20.2. The summed E-state index contributed by atoms with van der Waals surface area (Å²) in [6.45, 7) is 4.92. The van der Waals surface area contributed by atoms with Gasteiger partial charge in [-0.2, -0.15) is 0 Å². The zero-order valence-corrected chi connectivity index (χ0v) is 12.1. The third-order valence-electron chi connectivity index (χ3n) is 3.54. The molecule has 3 rings (SSSR count). The van der Waals surface area contributed by atoms with Gasteiger partial charge in [-0.1, -0.05) is 18.3 Å². The predicted octanol–water partition coefficient (Wildman–Crippen LogP) is 2.49. The summed E-state index contributed by atoms with van der Waals surface area (Å²) in [6, 6.07) is 4.67. The fraction of sp³-hybridized carbons (Fsp3) is 0.429. The molecule has 2 heterocycles. The van der Waals surface area contributed by atoms with Gasteiger partial charge in [-0.05, 0) is 18.2 Å². The van der Waals surface area contributed by atoms with Crippen molar-refractivity contribution < 1.29 is 9.18 Å². The largest absolute Gasteiger partial charge is 0.345 e. The fourth-order valence-corrected chi connectivity index (χ4v) is 3.43. The Morgan fingerprint density at radius 3 is 2.80 bits per heavy atom. The Morgan fingerprint density at radius 2 is 2.10 bits per heavy atom. The molecule has 1 saturated heterocycles. The Hall–Kier alpha value is -1.69. The molecule has 0 unspecified atom stereocenters. The van der Waals surface area contributed by atoms with Gasteiger partial charge in [0.25, 0.3) is 0 Å². The molecule has 0 saturated carbocycles.